The molecule has 20 heavy (non-hydrogen) atoms. The normalized spacial score (nSPS) is 12.2. The van der Waals surface area contributed by atoms with Gasteiger partial charge in [-0.1, -0.05) is 25.4 Å². The van der Waals surface area contributed by atoms with Gasteiger partial charge in [-0.15, -0.1) is 0 Å². The van der Waals surface area contributed by atoms with Gasteiger partial charge < -0.3 is 5.32 Å². The van der Waals surface area contributed by atoms with Crippen molar-refractivity contribution in [1.82, 2.24) is 5.32 Å². The molecule has 1 N–H and O–H groups in total. The van der Waals surface area contributed by atoms with Crippen molar-refractivity contribution in [1.29, 1.82) is 0 Å². The lowest BCUT2D eigenvalue weighted by atomic mass is 10.0. The van der Waals surface area contributed by atoms with Crippen LogP contribution < -0.4 is 5.32 Å². The van der Waals surface area contributed by atoms with Crippen molar-refractivity contribution in [2.45, 2.75) is 39.7 Å². The fraction of sp³-hybridized carbons (Fsp3) is 0.500. The van der Waals surface area contributed by atoms with Gasteiger partial charge in [-0.2, -0.15) is 0 Å². The van der Waals surface area contributed by atoms with E-state index in [1.54, 1.807) is 0 Å². The van der Waals surface area contributed by atoms with E-state index in [1.807, 2.05) is 6.92 Å². The summed E-state index contributed by atoms with van der Waals surface area (Å²) in [6.07, 6.45) is 1.86. The van der Waals surface area contributed by atoms with Gasteiger partial charge in [0, 0.05) is 18.2 Å². The second-order valence-electron chi connectivity index (χ2n) is 5.27. The molecule has 0 saturated carbocycles. The number of benzene rings is 1. The first-order chi connectivity index (χ1) is 9.31. The zero-order valence-corrected chi connectivity index (χ0v) is 12.6. The van der Waals surface area contributed by atoms with Crippen molar-refractivity contribution < 1.29 is 9.72 Å². The Bertz CT molecular complexity index is 503. The van der Waals surface area contributed by atoms with E-state index in [-0.39, 0.29) is 28.2 Å². The second kappa shape index (κ2) is 7.24. The Morgan fingerprint density at radius 1 is 1.35 bits per heavy atom. The summed E-state index contributed by atoms with van der Waals surface area (Å²) in [5.74, 6) is 0.186. The Balaban J connectivity index is 2.76. The number of amides is 1. The Morgan fingerprint density at radius 2 is 2.00 bits per heavy atom. The summed E-state index contributed by atoms with van der Waals surface area (Å²) in [6.45, 7) is 6.14. The molecule has 110 valence electrons. The minimum Gasteiger partial charge on any atom is -0.350 e. The molecule has 0 aromatic heterocycles. The van der Waals surface area contributed by atoms with Crippen molar-refractivity contribution in [2.75, 3.05) is 0 Å². The molecule has 1 unspecified atom stereocenters. The van der Waals surface area contributed by atoms with Crippen LogP contribution in [0.3, 0.4) is 0 Å². The summed E-state index contributed by atoms with van der Waals surface area (Å²) in [4.78, 5) is 22.2. The highest BCUT2D eigenvalue weighted by molar-refractivity contribution is 6.33. The molecule has 0 aliphatic carbocycles. The monoisotopic (exact) mass is 298 g/mol. The lowest BCUT2D eigenvalue weighted by Gasteiger charge is -2.15. The number of carbonyl (C=O) groups excluding carboxylic acids is 1. The number of rotatable bonds is 6. The van der Waals surface area contributed by atoms with Gasteiger partial charge in [0.1, 0.15) is 0 Å². The van der Waals surface area contributed by atoms with Crippen LogP contribution in [0, 0.1) is 16.0 Å². The summed E-state index contributed by atoms with van der Waals surface area (Å²) in [7, 11) is 0. The van der Waals surface area contributed by atoms with Gasteiger partial charge in [0.25, 0.3) is 11.6 Å². The molecule has 0 radical (unpaired) electrons. The van der Waals surface area contributed by atoms with E-state index in [0.717, 1.165) is 12.8 Å². The number of non-ortho nitro benzene ring substituents is 1. The number of nitrogens with one attached hydrogen (secondary N) is 1. The van der Waals surface area contributed by atoms with Crippen LogP contribution in [-0.4, -0.2) is 16.9 Å². The summed E-state index contributed by atoms with van der Waals surface area (Å²) in [5.41, 5.74) is -0.00773. The predicted octanol–water partition coefficient (Wildman–Crippen LogP) is 3.80. The van der Waals surface area contributed by atoms with Gasteiger partial charge in [0.2, 0.25) is 0 Å². The lowest BCUT2D eigenvalue weighted by Crippen LogP contribution is -2.33. The zero-order valence-electron chi connectivity index (χ0n) is 11.9. The largest absolute Gasteiger partial charge is 0.350 e. The van der Waals surface area contributed by atoms with Crippen LogP contribution in [0.15, 0.2) is 18.2 Å². The van der Waals surface area contributed by atoms with Gasteiger partial charge in [0.15, 0.2) is 0 Å². The summed E-state index contributed by atoms with van der Waals surface area (Å²) in [6, 6.07) is 3.85. The van der Waals surface area contributed by atoms with Crippen LogP contribution in [0.25, 0.3) is 0 Å². The maximum Gasteiger partial charge on any atom is 0.270 e. The van der Waals surface area contributed by atoms with Gasteiger partial charge in [-0.05, 0) is 31.7 Å². The Morgan fingerprint density at radius 3 is 2.55 bits per heavy atom. The van der Waals surface area contributed by atoms with Crippen LogP contribution >= 0.6 is 11.6 Å². The Labute approximate surface area is 123 Å². The highest BCUT2D eigenvalue weighted by Gasteiger charge is 2.17. The van der Waals surface area contributed by atoms with Crippen molar-refractivity contribution >= 4 is 23.2 Å². The van der Waals surface area contributed by atoms with Crippen molar-refractivity contribution in [3.05, 3.63) is 38.9 Å². The highest BCUT2D eigenvalue weighted by Crippen LogP contribution is 2.22. The number of nitro benzene ring substituents is 1. The molecule has 1 amide bonds. The first-order valence-corrected chi connectivity index (χ1v) is 6.94. The molecule has 5 nitrogen and oxygen atoms in total. The fourth-order valence-corrected chi connectivity index (χ4v) is 1.96. The average molecular weight is 299 g/mol. The topological polar surface area (TPSA) is 72.2 Å². The zero-order chi connectivity index (χ0) is 15.3. The maximum absolute atomic E-state index is 12.1. The summed E-state index contributed by atoms with van der Waals surface area (Å²) in [5, 5.41) is 13.7. The maximum atomic E-state index is 12.1. The van der Waals surface area contributed by atoms with E-state index in [9.17, 15) is 14.9 Å². The quantitative estimate of drug-likeness (QED) is 0.641. The van der Waals surface area contributed by atoms with Crippen LogP contribution in [-0.2, 0) is 0 Å². The standard InChI is InChI=1S/C14H19ClN2O3/c1-9(2)4-5-10(3)16-14(18)12-8-11(17(19)20)6-7-13(12)15/h6-10H,4-5H2,1-3H3,(H,16,18). The third kappa shape index (κ3) is 4.81. The number of carbonyl (C=O) groups is 1. The van der Waals surface area contributed by atoms with Crippen LogP contribution in [0.4, 0.5) is 5.69 Å². The third-order valence-electron chi connectivity index (χ3n) is 2.96. The Kier molecular flexibility index (Phi) is 5.95. The van der Waals surface area contributed by atoms with E-state index >= 15 is 0 Å². The fourth-order valence-electron chi connectivity index (χ4n) is 1.76. The van der Waals surface area contributed by atoms with Crippen molar-refractivity contribution in [3.8, 4) is 0 Å². The average Bonchev–Trinajstić information content (AvgIpc) is 2.36. The van der Waals surface area contributed by atoms with Gasteiger partial charge >= 0.3 is 0 Å². The van der Waals surface area contributed by atoms with E-state index < -0.39 is 4.92 Å². The van der Waals surface area contributed by atoms with Crippen molar-refractivity contribution in [2.24, 2.45) is 5.92 Å². The molecule has 1 atom stereocenters. The molecular formula is C14H19ClN2O3. The van der Waals surface area contributed by atoms with E-state index in [1.165, 1.54) is 18.2 Å². The lowest BCUT2D eigenvalue weighted by molar-refractivity contribution is -0.384. The SMILES string of the molecule is CC(C)CCC(C)NC(=O)c1cc([N+](=O)[O-])ccc1Cl. The van der Waals surface area contributed by atoms with Crippen LogP contribution in [0.5, 0.6) is 0 Å². The molecule has 1 aromatic rings. The van der Waals surface area contributed by atoms with E-state index in [0.29, 0.717) is 5.92 Å². The molecule has 0 aliphatic heterocycles. The van der Waals surface area contributed by atoms with E-state index in [2.05, 4.69) is 19.2 Å². The third-order valence-corrected chi connectivity index (χ3v) is 3.29. The first kappa shape index (κ1) is 16.4. The van der Waals surface area contributed by atoms with Crippen molar-refractivity contribution in [3.63, 3.8) is 0 Å². The number of hydrogen-bond donors (Lipinski definition) is 1. The van der Waals surface area contributed by atoms with Crippen LogP contribution in [0.2, 0.25) is 5.02 Å². The first-order valence-electron chi connectivity index (χ1n) is 6.56. The molecule has 0 saturated heterocycles. The minimum absolute atomic E-state index is 0.000212. The number of halogens is 1. The number of nitro groups is 1. The molecule has 1 rings (SSSR count). The predicted molar refractivity (Wildman–Crippen MR) is 79.1 cm³/mol. The Hall–Kier alpha value is -1.62. The van der Waals surface area contributed by atoms with Gasteiger partial charge in [-0.25, -0.2) is 0 Å². The van der Waals surface area contributed by atoms with Gasteiger partial charge in [0.05, 0.1) is 15.5 Å². The van der Waals surface area contributed by atoms with Gasteiger partial charge in [-0.3, -0.25) is 14.9 Å². The molecule has 0 spiro atoms. The smallest absolute Gasteiger partial charge is 0.270 e. The van der Waals surface area contributed by atoms with E-state index in [4.69, 9.17) is 11.6 Å². The summed E-state index contributed by atoms with van der Waals surface area (Å²) >= 11 is 5.92. The number of nitrogens with zero attached hydrogens (tertiary/aromatic N) is 1. The second-order valence-corrected chi connectivity index (χ2v) is 5.67. The molecule has 0 bridgehead atoms. The molecular weight excluding hydrogens is 280 g/mol. The highest BCUT2D eigenvalue weighted by atomic mass is 35.5. The molecule has 1 aromatic carbocycles. The minimum atomic E-state index is -0.546. The molecule has 6 heteroatoms. The number of hydrogen-bond acceptors (Lipinski definition) is 3. The molecule has 0 heterocycles. The summed E-state index contributed by atoms with van der Waals surface area (Å²) < 4.78 is 0. The van der Waals surface area contributed by atoms with Crippen LogP contribution in [0.1, 0.15) is 44.0 Å². The molecule has 0 fully saturated rings. The molecule has 0 aliphatic rings.